The molecule has 0 saturated heterocycles. The predicted octanol–water partition coefficient (Wildman–Crippen LogP) is 2.98. The number of amides is 1. The van der Waals surface area contributed by atoms with Crippen LogP contribution >= 0.6 is 0 Å². The number of nitrogens with two attached hydrogens (primary N) is 1. The molecule has 0 unspecified atom stereocenters. The molecule has 0 aliphatic heterocycles. The number of aromatic nitrogens is 1. The van der Waals surface area contributed by atoms with Crippen LogP contribution in [0.5, 0.6) is 0 Å². The maximum absolute atomic E-state index is 13.4. The lowest BCUT2D eigenvalue weighted by atomic mass is 9.96. The molecule has 7 nitrogen and oxygen atoms in total. The topological polar surface area (TPSA) is 114 Å². The van der Waals surface area contributed by atoms with Crippen molar-refractivity contribution in [3.8, 4) is 22.4 Å². The van der Waals surface area contributed by atoms with Gasteiger partial charge in [0.05, 0.1) is 10.6 Å². The van der Waals surface area contributed by atoms with Gasteiger partial charge in [0.15, 0.2) is 0 Å². The van der Waals surface area contributed by atoms with Crippen LogP contribution < -0.4 is 5.14 Å². The number of nitrogens with zero attached hydrogens (tertiary/aromatic N) is 2. The highest BCUT2D eigenvalue weighted by molar-refractivity contribution is 7.89. The number of carbonyl (C=O) groups excluding carboxylic acids is 1. The van der Waals surface area contributed by atoms with Gasteiger partial charge in [0, 0.05) is 36.4 Å². The second kappa shape index (κ2) is 8.70. The third-order valence-electron chi connectivity index (χ3n) is 4.53. The summed E-state index contributed by atoms with van der Waals surface area (Å²) in [7, 11) is -2.78. The van der Waals surface area contributed by atoms with Crippen molar-refractivity contribution in [1.82, 2.24) is 10.0 Å². The van der Waals surface area contributed by atoms with Gasteiger partial charge in [-0.05, 0) is 48.4 Å². The second-order valence-electron chi connectivity index (χ2n) is 6.71. The quantitative estimate of drug-likeness (QED) is 0.462. The van der Waals surface area contributed by atoms with E-state index < -0.39 is 21.7 Å². The number of hydrogen-bond donors (Lipinski definition) is 2. The van der Waals surface area contributed by atoms with Gasteiger partial charge >= 0.3 is 0 Å². The van der Waals surface area contributed by atoms with Crippen molar-refractivity contribution in [2.45, 2.75) is 17.7 Å². The van der Waals surface area contributed by atoms with Gasteiger partial charge in [0.2, 0.25) is 15.9 Å². The van der Waals surface area contributed by atoms with E-state index in [2.05, 4.69) is 4.98 Å². The Bertz CT molecular complexity index is 1180. The van der Waals surface area contributed by atoms with Gasteiger partial charge in [0.25, 0.3) is 0 Å². The molecule has 30 heavy (non-hydrogen) atoms. The van der Waals surface area contributed by atoms with Crippen LogP contribution in [-0.2, 0) is 21.2 Å². The maximum Gasteiger partial charge on any atom is 0.245 e. The SMILES string of the molecule is CN(O)C(=O)CCc1cnc(-c2ccc(F)cc2)c(-c2ccccc2S(N)(=O)=O)c1. The molecule has 3 rings (SSSR count). The molecule has 1 amide bonds. The van der Waals surface area contributed by atoms with Gasteiger partial charge in [-0.2, -0.15) is 0 Å². The van der Waals surface area contributed by atoms with E-state index in [1.165, 1.54) is 25.2 Å². The van der Waals surface area contributed by atoms with E-state index in [-0.39, 0.29) is 17.7 Å². The molecule has 0 radical (unpaired) electrons. The zero-order valence-corrected chi connectivity index (χ0v) is 16.9. The fourth-order valence-corrected chi connectivity index (χ4v) is 3.79. The summed E-state index contributed by atoms with van der Waals surface area (Å²) in [5.41, 5.74) is 2.52. The molecule has 9 heteroatoms. The molecule has 0 spiro atoms. The average Bonchev–Trinajstić information content (AvgIpc) is 2.72. The normalized spacial score (nSPS) is 11.3. The molecule has 0 bridgehead atoms. The average molecular weight is 429 g/mol. The first-order chi connectivity index (χ1) is 14.2. The minimum atomic E-state index is -4.02. The number of hydroxylamine groups is 2. The van der Waals surface area contributed by atoms with Gasteiger partial charge in [-0.25, -0.2) is 23.0 Å². The minimum Gasteiger partial charge on any atom is -0.286 e. The van der Waals surface area contributed by atoms with Crippen molar-refractivity contribution in [3.63, 3.8) is 0 Å². The molecule has 0 aliphatic carbocycles. The highest BCUT2D eigenvalue weighted by Crippen LogP contribution is 2.35. The number of benzene rings is 2. The molecule has 156 valence electrons. The molecule has 1 aromatic heterocycles. The van der Waals surface area contributed by atoms with Crippen LogP contribution in [0.3, 0.4) is 0 Å². The molecule has 0 saturated carbocycles. The zero-order valence-electron chi connectivity index (χ0n) is 16.1. The Morgan fingerprint density at radius 1 is 1.13 bits per heavy atom. The summed E-state index contributed by atoms with van der Waals surface area (Å²) in [6, 6.07) is 13.6. The van der Waals surface area contributed by atoms with Crippen LogP contribution in [-0.4, -0.2) is 36.6 Å². The van der Waals surface area contributed by atoms with Crippen LogP contribution in [0.1, 0.15) is 12.0 Å². The van der Waals surface area contributed by atoms with Crippen molar-refractivity contribution >= 4 is 15.9 Å². The highest BCUT2D eigenvalue weighted by Gasteiger charge is 2.19. The lowest BCUT2D eigenvalue weighted by Crippen LogP contribution is -2.22. The Hall–Kier alpha value is -3.14. The fourth-order valence-electron chi connectivity index (χ4n) is 3.04. The van der Waals surface area contributed by atoms with Crippen molar-refractivity contribution < 1.29 is 22.8 Å². The van der Waals surface area contributed by atoms with Gasteiger partial charge in [-0.3, -0.25) is 15.0 Å². The lowest BCUT2D eigenvalue weighted by molar-refractivity contribution is -0.159. The number of hydrogen-bond acceptors (Lipinski definition) is 5. The number of pyridine rings is 1. The minimum absolute atomic E-state index is 0.0425. The van der Waals surface area contributed by atoms with Crippen molar-refractivity contribution in [2.24, 2.45) is 5.14 Å². The molecule has 0 fully saturated rings. The van der Waals surface area contributed by atoms with Crippen LogP contribution in [0.2, 0.25) is 0 Å². The molecular weight excluding hydrogens is 409 g/mol. The van der Waals surface area contributed by atoms with E-state index >= 15 is 0 Å². The molecule has 1 heterocycles. The Morgan fingerprint density at radius 2 is 1.80 bits per heavy atom. The Labute approximate surface area is 173 Å². The standard InChI is InChI=1S/C21H20FN3O4S/c1-25(27)20(26)11-6-14-12-18(17-4-2-3-5-19(17)30(23,28)29)21(24-13-14)15-7-9-16(22)10-8-15/h2-5,7-10,12-13,27H,6,11H2,1H3,(H2,23,28,29). The van der Waals surface area contributed by atoms with Gasteiger partial charge < -0.3 is 0 Å². The highest BCUT2D eigenvalue weighted by atomic mass is 32.2. The summed E-state index contributed by atoms with van der Waals surface area (Å²) in [5, 5.41) is 15.1. The van der Waals surface area contributed by atoms with E-state index in [9.17, 15) is 22.8 Å². The largest absolute Gasteiger partial charge is 0.286 e. The Balaban J connectivity index is 2.16. The smallest absolute Gasteiger partial charge is 0.245 e. The molecule has 2 aromatic carbocycles. The number of halogens is 1. The molecule has 0 atom stereocenters. The first-order valence-corrected chi connectivity index (χ1v) is 10.5. The number of aryl methyl sites for hydroxylation is 1. The third-order valence-corrected chi connectivity index (χ3v) is 5.50. The van der Waals surface area contributed by atoms with Gasteiger partial charge in [0.1, 0.15) is 5.82 Å². The van der Waals surface area contributed by atoms with Gasteiger partial charge in [-0.1, -0.05) is 18.2 Å². The van der Waals surface area contributed by atoms with Crippen LogP contribution in [0.15, 0.2) is 65.7 Å². The maximum atomic E-state index is 13.4. The van der Waals surface area contributed by atoms with E-state index in [1.54, 1.807) is 42.6 Å². The van der Waals surface area contributed by atoms with E-state index in [0.29, 0.717) is 33.0 Å². The number of rotatable bonds is 6. The second-order valence-corrected chi connectivity index (χ2v) is 8.23. The molecule has 0 aliphatic rings. The number of primary sulfonamides is 1. The van der Waals surface area contributed by atoms with Crippen LogP contribution in [0.4, 0.5) is 4.39 Å². The molecule has 3 aromatic rings. The molecule has 3 N–H and O–H groups in total. The van der Waals surface area contributed by atoms with Crippen molar-refractivity contribution in [3.05, 3.63) is 72.2 Å². The number of carbonyl (C=O) groups is 1. The summed E-state index contributed by atoms with van der Waals surface area (Å²) in [6.07, 6.45) is 1.89. The number of sulfonamides is 1. The van der Waals surface area contributed by atoms with E-state index in [4.69, 9.17) is 5.14 Å². The van der Waals surface area contributed by atoms with E-state index in [0.717, 1.165) is 0 Å². The summed E-state index contributed by atoms with van der Waals surface area (Å²) >= 11 is 0. The summed E-state index contributed by atoms with van der Waals surface area (Å²) in [6.45, 7) is 0. The lowest BCUT2D eigenvalue weighted by Gasteiger charge is -2.15. The van der Waals surface area contributed by atoms with Crippen molar-refractivity contribution in [2.75, 3.05) is 7.05 Å². The summed E-state index contributed by atoms with van der Waals surface area (Å²) in [4.78, 5) is 16.1. The van der Waals surface area contributed by atoms with Gasteiger partial charge in [-0.15, -0.1) is 0 Å². The summed E-state index contributed by atoms with van der Waals surface area (Å²) in [5.74, 6) is -0.877. The predicted molar refractivity (Wildman–Crippen MR) is 109 cm³/mol. The Morgan fingerprint density at radius 3 is 2.43 bits per heavy atom. The van der Waals surface area contributed by atoms with Crippen LogP contribution in [0, 0.1) is 5.82 Å². The first-order valence-electron chi connectivity index (χ1n) is 8.99. The van der Waals surface area contributed by atoms with E-state index in [1.807, 2.05) is 0 Å². The Kier molecular flexibility index (Phi) is 6.25. The zero-order chi connectivity index (χ0) is 21.9. The van der Waals surface area contributed by atoms with Crippen LogP contribution in [0.25, 0.3) is 22.4 Å². The monoisotopic (exact) mass is 429 g/mol. The first kappa shape index (κ1) is 21.6. The molecular formula is C21H20FN3O4S. The third kappa shape index (κ3) is 4.88. The van der Waals surface area contributed by atoms with Crippen molar-refractivity contribution in [1.29, 1.82) is 0 Å². The fraction of sp³-hybridized carbons (Fsp3) is 0.143. The summed E-state index contributed by atoms with van der Waals surface area (Å²) < 4.78 is 37.6.